The molecule has 16 heterocycles. The van der Waals surface area contributed by atoms with E-state index in [1.54, 1.807) is 61.5 Å². The van der Waals surface area contributed by atoms with Gasteiger partial charge in [0.2, 0.25) is 5.82 Å². The number of nitrogens with two attached hydrogens (primary N) is 1. The fourth-order valence-electron chi connectivity index (χ4n) is 16.1. The SMILES string of the molecule is CC(C)N(C)c1nc2nc(-c3nn[nH]n3)ccc2nc1-c1ccc(F)cc1.CC(C)N(C)c1nc2nc(C(=O)O)ccc2nc1-c1cc2ccccc2o1.CC(C)N(C)c1nc2nc(C(N)=O)ccc2nc1N1CCCCC1.CNS(=O)(=O)c1ccc2nc(C3CCCCC3)c(N(C)C(C)C)nc2n1.Cc1cc2nc(N3CCOCC3)c(N(C)C(C)C)nc2nc1C(=O)O.Cc1nc2ccc(C(=O)O)nc2nc1N(C)C(C)C. The van der Waals surface area contributed by atoms with Crippen LogP contribution in [0.5, 0.6) is 0 Å². The van der Waals surface area contributed by atoms with Gasteiger partial charge >= 0.3 is 17.9 Å². The number of aryl methyl sites for hydroxylation is 2. The molecule has 45 heteroatoms. The van der Waals surface area contributed by atoms with Crippen LogP contribution < -0.4 is 49.7 Å². The number of halogens is 1. The number of morpholine rings is 1. The maximum Gasteiger partial charge on any atom is 0.354 e. The molecule has 7 N–H and O–H groups in total. The van der Waals surface area contributed by atoms with Crippen LogP contribution in [0.25, 0.3) is 112 Å². The van der Waals surface area contributed by atoms with E-state index in [0.29, 0.717) is 132 Å². The van der Waals surface area contributed by atoms with Crippen molar-refractivity contribution in [3.8, 4) is 34.2 Å². The van der Waals surface area contributed by atoms with Crippen molar-refractivity contribution < 1.29 is 56.5 Å². The van der Waals surface area contributed by atoms with Gasteiger partial charge in [0.1, 0.15) is 67.3 Å². The third kappa shape index (κ3) is 25.1. The normalized spacial score (nSPS) is 13.4. The fraction of sp³-hybridized carbons (Fsp3) is 0.408. The number of carboxylic acid groups (broad SMARTS) is 3. The van der Waals surface area contributed by atoms with Gasteiger partial charge in [-0.25, -0.2) is 122 Å². The molecule has 0 atom stereocenters. The molecular formula is C103H125FN32O11S. The van der Waals surface area contributed by atoms with Crippen molar-refractivity contribution in [2.24, 2.45) is 5.73 Å². The fourth-order valence-corrected chi connectivity index (χ4v) is 16.8. The van der Waals surface area contributed by atoms with Gasteiger partial charge in [0, 0.05) is 122 Å². The lowest BCUT2D eigenvalue weighted by atomic mass is 9.86. The predicted molar refractivity (Wildman–Crippen MR) is 569 cm³/mol. The lowest BCUT2D eigenvalue weighted by Crippen LogP contribution is -2.39. The lowest BCUT2D eigenvalue weighted by molar-refractivity contribution is 0.0679. The highest BCUT2D eigenvalue weighted by molar-refractivity contribution is 7.89. The highest BCUT2D eigenvalue weighted by atomic mass is 32.2. The molecular weight excluding hydrogens is 1910 g/mol. The van der Waals surface area contributed by atoms with Crippen LogP contribution in [0.4, 0.5) is 50.9 Å². The summed E-state index contributed by atoms with van der Waals surface area (Å²) in [6.45, 7) is 33.2. The van der Waals surface area contributed by atoms with Crippen molar-refractivity contribution in [3.05, 3.63) is 167 Å². The van der Waals surface area contributed by atoms with Crippen LogP contribution in [-0.2, 0) is 14.8 Å². The number of para-hydroxylation sites is 1. The van der Waals surface area contributed by atoms with Crippen LogP contribution in [0, 0.1) is 19.7 Å². The number of carbonyl (C=O) groups excluding carboxylic acids is 1. The number of aromatic carboxylic acids is 3. The Morgan fingerprint density at radius 3 is 1.44 bits per heavy atom. The largest absolute Gasteiger partial charge is 0.477 e. The van der Waals surface area contributed by atoms with E-state index in [0.717, 1.165) is 96.0 Å². The van der Waals surface area contributed by atoms with Crippen LogP contribution in [0.3, 0.4) is 0 Å². The summed E-state index contributed by atoms with van der Waals surface area (Å²) in [5, 5.41) is 42.2. The van der Waals surface area contributed by atoms with E-state index in [1.807, 2.05) is 133 Å². The Kier molecular flexibility index (Phi) is 34.3. The quantitative estimate of drug-likeness (QED) is 0.0327. The second-order valence-electron chi connectivity index (χ2n) is 37.8. The second-order valence-corrected chi connectivity index (χ2v) is 39.7. The Labute approximate surface area is 855 Å². The maximum atomic E-state index is 13.3. The topological polar surface area (TPSA) is 536 Å². The van der Waals surface area contributed by atoms with E-state index in [-0.39, 0.29) is 75.5 Å². The first-order valence-corrected chi connectivity index (χ1v) is 50.5. The molecule has 1 amide bonds. The summed E-state index contributed by atoms with van der Waals surface area (Å²) in [7, 11) is 9.50. The number of furan rings is 1. The molecule has 16 aromatic rings. The van der Waals surface area contributed by atoms with E-state index < -0.39 is 33.8 Å². The van der Waals surface area contributed by atoms with Crippen molar-refractivity contribution in [2.75, 3.05) is 128 Å². The Morgan fingerprint density at radius 1 is 0.453 bits per heavy atom. The first-order valence-electron chi connectivity index (χ1n) is 49.0. The van der Waals surface area contributed by atoms with E-state index in [4.69, 9.17) is 59.9 Å². The number of sulfonamides is 1. The Morgan fingerprint density at radius 2 is 0.899 bits per heavy atom. The minimum atomic E-state index is -3.61. The van der Waals surface area contributed by atoms with E-state index >= 15 is 0 Å². The van der Waals surface area contributed by atoms with E-state index in [1.165, 1.54) is 75.9 Å². The molecule has 1 saturated carbocycles. The number of pyridine rings is 6. The zero-order valence-corrected chi connectivity index (χ0v) is 87.7. The number of primary amides is 1. The van der Waals surface area contributed by atoms with Crippen molar-refractivity contribution in [2.45, 2.75) is 195 Å². The number of anilines is 8. The first kappa shape index (κ1) is 108. The van der Waals surface area contributed by atoms with Crippen molar-refractivity contribution in [1.29, 1.82) is 0 Å². The first-order chi connectivity index (χ1) is 70.5. The van der Waals surface area contributed by atoms with Gasteiger partial charge in [0.15, 0.2) is 108 Å². The molecule has 0 bridgehead atoms. The number of aromatic nitrogens is 22. The monoisotopic (exact) mass is 2040 g/mol. The molecule has 3 fully saturated rings. The molecule has 776 valence electrons. The van der Waals surface area contributed by atoms with Gasteiger partial charge in [0.25, 0.3) is 15.9 Å². The molecule has 14 aromatic heterocycles. The zero-order chi connectivity index (χ0) is 107. The molecule has 0 spiro atoms. The number of fused-ring (bicyclic) bond motifs is 7. The number of nitrogens with zero attached hydrogens (tertiary/aromatic N) is 29. The number of benzene rings is 2. The lowest BCUT2D eigenvalue weighted by Gasteiger charge is -2.32. The number of aromatic amines is 1. The number of carbonyl (C=O) groups is 4. The van der Waals surface area contributed by atoms with Gasteiger partial charge in [-0.2, -0.15) is 5.21 Å². The molecule has 3 aliphatic rings. The van der Waals surface area contributed by atoms with Crippen LogP contribution >= 0.6 is 0 Å². The summed E-state index contributed by atoms with van der Waals surface area (Å²) >= 11 is 0. The molecule has 148 heavy (non-hydrogen) atoms. The number of piperidine rings is 1. The Hall–Kier alpha value is -15.9. The minimum Gasteiger partial charge on any atom is -0.477 e. The van der Waals surface area contributed by atoms with Gasteiger partial charge in [-0.1, -0.05) is 37.5 Å². The number of hydrogen-bond acceptors (Lipinski definition) is 37. The molecule has 19 rings (SSSR count). The smallest absolute Gasteiger partial charge is 0.354 e. The molecule has 2 saturated heterocycles. The molecule has 43 nitrogen and oxygen atoms in total. The molecule has 1 aliphatic carbocycles. The van der Waals surface area contributed by atoms with Gasteiger partial charge in [-0.15, -0.1) is 10.2 Å². The van der Waals surface area contributed by atoms with Crippen molar-refractivity contribution >= 4 is 158 Å². The number of amides is 1. The van der Waals surface area contributed by atoms with Gasteiger partial charge < -0.3 is 69.4 Å². The zero-order valence-electron chi connectivity index (χ0n) is 86.9. The number of nitrogens with one attached hydrogen (secondary N) is 2. The molecule has 0 radical (unpaired) electrons. The molecule has 2 aromatic carbocycles. The number of carboxylic acids is 3. The third-order valence-electron chi connectivity index (χ3n) is 25.9. The summed E-state index contributed by atoms with van der Waals surface area (Å²) in [5.74, 6) is 3.30. The van der Waals surface area contributed by atoms with Gasteiger partial charge in [-0.05, 0) is 250 Å². The van der Waals surface area contributed by atoms with E-state index in [2.05, 4.69) is 150 Å². The average molecular weight is 2040 g/mol. The van der Waals surface area contributed by atoms with E-state index in [9.17, 15) is 42.2 Å². The summed E-state index contributed by atoms with van der Waals surface area (Å²) in [6.07, 6.45) is 9.56. The van der Waals surface area contributed by atoms with Crippen molar-refractivity contribution in [3.63, 3.8) is 0 Å². The summed E-state index contributed by atoms with van der Waals surface area (Å²) in [6, 6.07) is 35.2. The van der Waals surface area contributed by atoms with Crippen LogP contribution in [0.15, 0.2) is 131 Å². The van der Waals surface area contributed by atoms with Crippen LogP contribution in [0.2, 0.25) is 0 Å². The van der Waals surface area contributed by atoms with Gasteiger partial charge in [-0.3, -0.25) is 4.79 Å². The molecule has 0 unspecified atom stereocenters. The second kappa shape index (κ2) is 47.1. The predicted octanol–water partition coefficient (Wildman–Crippen LogP) is 15.2. The van der Waals surface area contributed by atoms with Crippen molar-refractivity contribution in [1.82, 2.24) is 115 Å². The minimum absolute atomic E-state index is 0.0130. The van der Waals surface area contributed by atoms with Crippen LogP contribution in [-0.4, -0.2) is 283 Å². The highest BCUT2D eigenvalue weighted by Crippen LogP contribution is 2.40. The highest BCUT2D eigenvalue weighted by Gasteiger charge is 2.31. The maximum absolute atomic E-state index is 13.3. The average Bonchev–Trinajstić information content (AvgIpc) is 1.02. The molecule has 2 aliphatic heterocycles. The summed E-state index contributed by atoms with van der Waals surface area (Å²) < 4.78 is 51.2. The number of hydrogen-bond donors (Lipinski definition) is 6. The number of ether oxygens (including phenoxy) is 1. The Bertz CT molecular complexity index is 7590. The third-order valence-corrected chi connectivity index (χ3v) is 27.2. The van der Waals surface area contributed by atoms with Crippen LogP contribution in [0.1, 0.15) is 199 Å². The number of rotatable bonds is 24. The Balaban J connectivity index is 0.000000141. The summed E-state index contributed by atoms with van der Waals surface area (Å²) in [5.41, 5.74) is 17.2. The van der Waals surface area contributed by atoms with Gasteiger partial charge in [0.05, 0.1) is 24.6 Å². The standard InChI is InChI=1S/C20H18N4O3.C18H17FN8.C18H27N5O2S.C17H24N6O.C17H23N5O3.C13H16N4O2/c1-11(2)24(3)19-17(16-10-12-6-4-5-7-15(12)27-16)21-13-8-9-14(20(25)26)22-18(13)23-19;1-10(2)27(3)18-15(11-4-6-12(19)7-5-11)20-13-8-9-14(21-16(13)22-18)17-23-25-26-24-17;1-12(2)23(4)18-16(13-8-6-5-7-9-13)20-14-10-11-15(21-17(14)22-18)26(24,25)19-3;1-11(2)22(3)16-17(23-9-5-4-6-10-23)20-13-8-7-12(14(18)24)19-15(13)21-16;1-10(2)21(4)15-16(22-5-7-25-8-6-22)18-12-9-11(3)13(17(23)24)19-14(12)20-15;1-7(2)17(4)12-8(3)14-9-5-6-10(13(18)19)15-11(9)16-12/h4-11H,1-3H3,(H,25,26);4-10H,1-3H3,(H,23,24,25,26);10-13,19H,5-9H2,1-4H3;7-8,11H,4-6,9-10H2,1-3H3,(H2,18,24);9-10H,5-8H2,1-4H3,(H,23,24);5-7H,1-4H3,(H,18,19). The summed E-state index contributed by atoms with van der Waals surface area (Å²) in [4.78, 5) is 143. The number of tetrazole rings is 1. The number of H-pyrrole nitrogens is 1.